The van der Waals surface area contributed by atoms with Crippen LogP contribution in [0, 0.1) is 5.92 Å². The number of nitrogens with one attached hydrogen (secondary N) is 1. The summed E-state index contributed by atoms with van der Waals surface area (Å²) >= 11 is 0. The van der Waals surface area contributed by atoms with Gasteiger partial charge in [0.05, 0.1) is 0 Å². The van der Waals surface area contributed by atoms with E-state index in [2.05, 4.69) is 16.4 Å². The number of hydrogen-bond acceptors (Lipinski definition) is 3. The maximum absolute atomic E-state index is 5.77. The Bertz CT molecular complexity index is 295. The second kappa shape index (κ2) is 5.97. The van der Waals surface area contributed by atoms with E-state index in [1.54, 1.807) is 6.20 Å². The summed E-state index contributed by atoms with van der Waals surface area (Å²) in [5.41, 5.74) is 6.96. The zero-order valence-electron chi connectivity index (χ0n) is 9.73. The third kappa shape index (κ3) is 3.58. The molecule has 0 spiro atoms. The van der Waals surface area contributed by atoms with Gasteiger partial charge in [0.2, 0.25) is 0 Å². The zero-order valence-corrected chi connectivity index (χ0v) is 9.73. The molecule has 0 bridgehead atoms. The number of nitrogens with two attached hydrogens (primary N) is 1. The average molecular weight is 219 g/mol. The average Bonchev–Trinajstić information content (AvgIpc) is 3.14. The van der Waals surface area contributed by atoms with E-state index in [-0.39, 0.29) is 6.04 Å². The fourth-order valence-corrected chi connectivity index (χ4v) is 1.99. The predicted molar refractivity (Wildman–Crippen MR) is 66.0 cm³/mol. The van der Waals surface area contributed by atoms with Crippen molar-refractivity contribution in [3.8, 4) is 0 Å². The van der Waals surface area contributed by atoms with Crippen LogP contribution in [0.3, 0.4) is 0 Å². The summed E-state index contributed by atoms with van der Waals surface area (Å²) in [6.07, 6.45) is 9.22. The fourth-order valence-electron chi connectivity index (χ4n) is 1.99. The summed E-state index contributed by atoms with van der Waals surface area (Å²) in [6, 6.07) is 4.30. The van der Waals surface area contributed by atoms with Gasteiger partial charge in [-0.15, -0.1) is 0 Å². The van der Waals surface area contributed by atoms with Crippen LogP contribution in [0.2, 0.25) is 0 Å². The number of pyridine rings is 1. The third-order valence-electron chi connectivity index (χ3n) is 3.20. The molecule has 2 rings (SSSR count). The highest BCUT2D eigenvalue weighted by Gasteiger charge is 2.20. The quantitative estimate of drug-likeness (QED) is 0.688. The van der Waals surface area contributed by atoms with Gasteiger partial charge in [0.1, 0.15) is 0 Å². The molecule has 0 aromatic carbocycles. The van der Waals surface area contributed by atoms with Crippen molar-refractivity contribution in [2.75, 3.05) is 13.1 Å². The van der Waals surface area contributed by atoms with Crippen LogP contribution in [0.5, 0.6) is 0 Å². The molecule has 0 saturated heterocycles. The fraction of sp³-hybridized carbons (Fsp3) is 0.615. The van der Waals surface area contributed by atoms with Crippen molar-refractivity contribution in [1.29, 1.82) is 0 Å². The van der Waals surface area contributed by atoms with Crippen molar-refractivity contribution in [2.24, 2.45) is 11.7 Å². The van der Waals surface area contributed by atoms with E-state index in [4.69, 9.17) is 5.73 Å². The van der Waals surface area contributed by atoms with Gasteiger partial charge in [-0.1, -0.05) is 18.9 Å². The van der Waals surface area contributed by atoms with Crippen LogP contribution in [-0.4, -0.2) is 18.1 Å². The van der Waals surface area contributed by atoms with Crippen LogP contribution in [0.25, 0.3) is 0 Å². The van der Waals surface area contributed by atoms with E-state index in [0.29, 0.717) is 6.54 Å². The van der Waals surface area contributed by atoms with Crippen LogP contribution >= 0.6 is 0 Å². The molecule has 88 valence electrons. The first-order chi connectivity index (χ1) is 7.90. The maximum Gasteiger partial charge on any atom is 0.0459 e. The Hall–Kier alpha value is -0.930. The van der Waals surface area contributed by atoms with Crippen molar-refractivity contribution in [3.05, 3.63) is 30.1 Å². The van der Waals surface area contributed by atoms with E-state index >= 15 is 0 Å². The smallest absolute Gasteiger partial charge is 0.0459 e. The first kappa shape index (κ1) is 11.6. The highest BCUT2D eigenvalue weighted by atomic mass is 14.9. The molecule has 3 N–H and O–H groups in total. The summed E-state index contributed by atoms with van der Waals surface area (Å²) in [4.78, 5) is 4.12. The van der Waals surface area contributed by atoms with E-state index in [0.717, 1.165) is 12.5 Å². The van der Waals surface area contributed by atoms with Gasteiger partial charge in [0.15, 0.2) is 0 Å². The van der Waals surface area contributed by atoms with E-state index in [9.17, 15) is 0 Å². The molecule has 0 amide bonds. The van der Waals surface area contributed by atoms with Crippen LogP contribution in [0.4, 0.5) is 0 Å². The second-order valence-corrected chi connectivity index (χ2v) is 4.61. The molecule has 0 aliphatic heterocycles. The van der Waals surface area contributed by atoms with Crippen molar-refractivity contribution in [1.82, 2.24) is 10.3 Å². The van der Waals surface area contributed by atoms with Gasteiger partial charge in [-0.05, 0) is 36.9 Å². The summed E-state index contributed by atoms with van der Waals surface area (Å²) in [6.45, 7) is 1.70. The standard InChI is InChI=1S/C13H21N3/c14-9-13(12-4-2-7-15-10-12)16-8-1-3-11-5-6-11/h2,4,7,10-11,13,16H,1,3,5-6,8-9,14H2. The van der Waals surface area contributed by atoms with Gasteiger partial charge in [0.25, 0.3) is 0 Å². The molecule has 3 nitrogen and oxygen atoms in total. The lowest BCUT2D eigenvalue weighted by Gasteiger charge is -2.16. The number of hydrogen-bond donors (Lipinski definition) is 2. The SMILES string of the molecule is NCC(NCCCC1CC1)c1cccnc1. The summed E-state index contributed by atoms with van der Waals surface area (Å²) in [5, 5.41) is 3.50. The number of nitrogens with zero attached hydrogens (tertiary/aromatic N) is 1. The monoisotopic (exact) mass is 219 g/mol. The highest BCUT2D eigenvalue weighted by Crippen LogP contribution is 2.33. The minimum absolute atomic E-state index is 0.257. The topological polar surface area (TPSA) is 50.9 Å². The molecular weight excluding hydrogens is 198 g/mol. The van der Waals surface area contributed by atoms with Crippen molar-refractivity contribution >= 4 is 0 Å². The summed E-state index contributed by atoms with van der Waals surface area (Å²) in [5.74, 6) is 1.02. The molecule has 1 heterocycles. The Morgan fingerprint density at radius 3 is 3.00 bits per heavy atom. The largest absolute Gasteiger partial charge is 0.329 e. The molecule has 1 aromatic rings. The van der Waals surface area contributed by atoms with Gasteiger partial charge in [0, 0.05) is 25.0 Å². The zero-order chi connectivity index (χ0) is 11.2. The Kier molecular flexibility index (Phi) is 4.31. The molecule has 1 unspecified atom stereocenters. The number of aromatic nitrogens is 1. The third-order valence-corrected chi connectivity index (χ3v) is 3.20. The first-order valence-electron chi connectivity index (χ1n) is 6.23. The van der Waals surface area contributed by atoms with Crippen molar-refractivity contribution in [2.45, 2.75) is 31.7 Å². The maximum atomic E-state index is 5.77. The Morgan fingerprint density at radius 2 is 2.38 bits per heavy atom. The van der Waals surface area contributed by atoms with E-state index < -0.39 is 0 Å². The molecule has 0 radical (unpaired) electrons. The van der Waals surface area contributed by atoms with E-state index in [1.165, 1.54) is 31.2 Å². The Morgan fingerprint density at radius 1 is 1.50 bits per heavy atom. The first-order valence-corrected chi connectivity index (χ1v) is 6.23. The molecule has 1 aliphatic rings. The van der Waals surface area contributed by atoms with Crippen LogP contribution in [-0.2, 0) is 0 Å². The molecule has 1 atom stereocenters. The summed E-state index contributed by atoms with van der Waals surface area (Å²) < 4.78 is 0. The molecule has 1 aliphatic carbocycles. The van der Waals surface area contributed by atoms with Crippen molar-refractivity contribution < 1.29 is 0 Å². The summed E-state index contributed by atoms with van der Waals surface area (Å²) in [7, 11) is 0. The predicted octanol–water partition coefficient (Wildman–Crippen LogP) is 1.86. The lowest BCUT2D eigenvalue weighted by Crippen LogP contribution is -2.29. The number of rotatable bonds is 7. The van der Waals surface area contributed by atoms with E-state index in [1.807, 2.05) is 12.3 Å². The molecule has 1 saturated carbocycles. The van der Waals surface area contributed by atoms with Gasteiger partial charge in [-0.2, -0.15) is 0 Å². The van der Waals surface area contributed by atoms with Crippen LogP contribution in [0.1, 0.15) is 37.3 Å². The molecule has 1 fully saturated rings. The van der Waals surface area contributed by atoms with Gasteiger partial charge >= 0.3 is 0 Å². The lowest BCUT2D eigenvalue weighted by molar-refractivity contribution is 0.511. The second-order valence-electron chi connectivity index (χ2n) is 4.61. The van der Waals surface area contributed by atoms with Crippen molar-refractivity contribution in [3.63, 3.8) is 0 Å². The molecule has 16 heavy (non-hydrogen) atoms. The molecule has 1 aromatic heterocycles. The Balaban J connectivity index is 1.72. The highest BCUT2D eigenvalue weighted by molar-refractivity contribution is 5.14. The normalized spacial score (nSPS) is 17.3. The van der Waals surface area contributed by atoms with Crippen LogP contribution in [0.15, 0.2) is 24.5 Å². The van der Waals surface area contributed by atoms with Crippen LogP contribution < -0.4 is 11.1 Å². The van der Waals surface area contributed by atoms with Gasteiger partial charge in [-0.3, -0.25) is 4.98 Å². The minimum atomic E-state index is 0.257. The van der Waals surface area contributed by atoms with Gasteiger partial charge < -0.3 is 11.1 Å². The molecule has 3 heteroatoms. The lowest BCUT2D eigenvalue weighted by atomic mass is 10.1. The minimum Gasteiger partial charge on any atom is -0.329 e. The molecular formula is C13H21N3. The van der Waals surface area contributed by atoms with Gasteiger partial charge in [-0.25, -0.2) is 0 Å². The Labute approximate surface area is 97.5 Å².